The second kappa shape index (κ2) is 4.52. The number of aromatic amines is 1. The molecule has 0 radical (unpaired) electrons. The summed E-state index contributed by atoms with van der Waals surface area (Å²) >= 11 is 1.33. The summed E-state index contributed by atoms with van der Waals surface area (Å²) in [5.41, 5.74) is 0.520. The summed E-state index contributed by atoms with van der Waals surface area (Å²) in [5, 5.41) is 10.0. The molecule has 0 saturated heterocycles. The fourth-order valence-electron chi connectivity index (χ4n) is 1.69. The fraction of sp³-hybridized carbons (Fsp3) is 0.167. The number of thioether (sulfide) groups is 1. The lowest BCUT2D eigenvalue weighted by Gasteiger charge is -2.07. The summed E-state index contributed by atoms with van der Waals surface area (Å²) in [7, 11) is 1.55. The zero-order valence-corrected chi connectivity index (χ0v) is 10.2. The number of H-pyrrole nitrogens is 1. The molecule has 0 aliphatic heterocycles. The number of hydrogen-bond donors (Lipinski definition) is 1. The Morgan fingerprint density at radius 3 is 2.82 bits per heavy atom. The van der Waals surface area contributed by atoms with Gasteiger partial charge < -0.3 is 9.72 Å². The molecule has 1 aromatic carbocycles. The van der Waals surface area contributed by atoms with E-state index in [4.69, 9.17) is 10.00 Å². The first-order valence-corrected chi connectivity index (χ1v) is 6.12. The van der Waals surface area contributed by atoms with E-state index in [1.807, 2.05) is 12.3 Å². The predicted molar refractivity (Wildman–Crippen MR) is 67.6 cm³/mol. The maximum Gasteiger partial charge on any atom is 0.208 e. The maximum absolute atomic E-state index is 12.1. The van der Waals surface area contributed by atoms with Crippen molar-refractivity contribution in [3.05, 3.63) is 34.0 Å². The number of nitriles is 1. The Hall–Kier alpha value is -1.93. The van der Waals surface area contributed by atoms with Gasteiger partial charge in [-0.1, -0.05) is 6.07 Å². The molecule has 0 unspecified atom stereocenters. The van der Waals surface area contributed by atoms with Crippen molar-refractivity contribution < 1.29 is 4.74 Å². The number of fused-ring (bicyclic) bond motifs is 1. The van der Waals surface area contributed by atoms with Crippen LogP contribution < -0.4 is 10.2 Å². The van der Waals surface area contributed by atoms with Crippen molar-refractivity contribution in [2.75, 3.05) is 13.4 Å². The van der Waals surface area contributed by atoms with Gasteiger partial charge in [0, 0.05) is 0 Å². The molecule has 2 aromatic rings. The molecule has 1 heterocycles. The van der Waals surface area contributed by atoms with Crippen molar-refractivity contribution in [2.45, 2.75) is 5.03 Å². The van der Waals surface area contributed by atoms with Crippen LogP contribution in [0, 0.1) is 11.3 Å². The molecule has 0 bridgehead atoms. The van der Waals surface area contributed by atoms with Crippen molar-refractivity contribution in [1.82, 2.24) is 4.98 Å². The number of nitrogens with zero attached hydrogens (tertiary/aromatic N) is 1. The van der Waals surface area contributed by atoms with Gasteiger partial charge in [-0.3, -0.25) is 4.79 Å². The van der Waals surface area contributed by atoms with E-state index >= 15 is 0 Å². The summed E-state index contributed by atoms with van der Waals surface area (Å²) in [6, 6.07) is 7.13. The van der Waals surface area contributed by atoms with Gasteiger partial charge in [-0.25, -0.2) is 0 Å². The molecule has 0 atom stereocenters. The molecular weight excluding hydrogens is 236 g/mol. The molecule has 0 spiro atoms. The minimum atomic E-state index is -0.260. The summed E-state index contributed by atoms with van der Waals surface area (Å²) in [6.45, 7) is 0. The third-order valence-corrected chi connectivity index (χ3v) is 3.21. The molecule has 2 rings (SSSR count). The van der Waals surface area contributed by atoms with Crippen LogP contribution in [0.25, 0.3) is 10.9 Å². The highest BCUT2D eigenvalue weighted by Gasteiger charge is 2.13. The molecule has 1 N–H and O–H groups in total. The molecule has 4 nitrogen and oxygen atoms in total. The first-order chi connectivity index (χ1) is 8.22. The lowest BCUT2D eigenvalue weighted by molar-refractivity contribution is 0.418. The Bertz CT molecular complexity index is 670. The van der Waals surface area contributed by atoms with Gasteiger partial charge in [-0.15, -0.1) is 11.8 Å². The second-order valence-corrected chi connectivity index (χ2v) is 4.17. The van der Waals surface area contributed by atoms with Crippen LogP contribution in [-0.4, -0.2) is 18.3 Å². The Morgan fingerprint density at radius 1 is 1.47 bits per heavy atom. The minimum absolute atomic E-state index is 0.151. The van der Waals surface area contributed by atoms with Gasteiger partial charge in [0.05, 0.1) is 23.0 Å². The molecule has 1 aromatic heterocycles. The number of methoxy groups -OCH3 is 1. The number of benzene rings is 1. The van der Waals surface area contributed by atoms with Crippen molar-refractivity contribution in [3.8, 4) is 11.8 Å². The van der Waals surface area contributed by atoms with Gasteiger partial charge in [0.1, 0.15) is 17.4 Å². The predicted octanol–water partition coefficient (Wildman–Crippen LogP) is 2.13. The molecule has 0 saturated carbocycles. The maximum atomic E-state index is 12.1. The first kappa shape index (κ1) is 11.6. The summed E-state index contributed by atoms with van der Waals surface area (Å²) in [4.78, 5) is 15.2. The van der Waals surface area contributed by atoms with Crippen LogP contribution in [-0.2, 0) is 0 Å². The van der Waals surface area contributed by atoms with Gasteiger partial charge >= 0.3 is 0 Å². The fourth-order valence-corrected chi connectivity index (χ4v) is 2.23. The third-order valence-electron chi connectivity index (χ3n) is 2.50. The van der Waals surface area contributed by atoms with E-state index in [1.165, 1.54) is 11.8 Å². The van der Waals surface area contributed by atoms with Gasteiger partial charge in [0.25, 0.3) is 0 Å². The van der Waals surface area contributed by atoms with Crippen molar-refractivity contribution in [2.24, 2.45) is 0 Å². The van der Waals surface area contributed by atoms with Crippen molar-refractivity contribution in [1.29, 1.82) is 5.26 Å². The number of rotatable bonds is 2. The summed E-state index contributed by atoms with van der Waals surface area (Å²) < 4.78 is 5.19. The highest BCUT2D eigenvalue weighted by Crippen LogP contribution is 2.25. The average molecular weight is 246 g/mol. The number of ether oxygens (including phenoxy) is 1. The molecule has 0 aliphatic rings. The molecule has 5 heteroatoms. The smallest absolute Gasteiger partial charge is 0.208 e. The Morgan fingerprint density at radius 2 is 2.24 bits per heavy atom. The average Bonchev–Trinajstić information content (AvgIpc) is 2.37. The van der Waals surface area contributed by atoms with Crippen LogP contribution in [0.15, 0.2) is 28.0 Å². The molecular formula is C12H10N2O2S. The molecule has 17 heavy (non-hydrogen) atoms. The van der Waals surface area contributed by atoms with Gasteiger partial charge in [0.15, 0.2) is 0 Å². The minimum Gasteiger partial charge on any atom is -0.495 e. The summed E-state index contributed by atoms with van der Waals surface area (Å²) in [5.74, 6) is 0.597. The van der Waals surface area contributed by atoms with Gasteiger partial charge in [-0.05, 0) is 18.4 Å². The highest BCUT2D eigenvalue weighted by molar-refractivity contribution is 7.98. The third kappa shape index (κ3) is 1.77. The quantitative estimate of drug-likeness (QED) is 0.824. The lowest BCUT2D eigenvalue weighted by atomic mass is 10.1. The van der Waals surface area contributed by atoms with Gasteiger partial charge in [0.2, 0.25) is 5.43 Å². The Kier molecular flexibility index (Phi) is 3.07. The SMILES string of the molecule is COc1cccc2c(=O)c(C#N)c(SC)[nH]c12. The van der Waals surface area contributed by atoms with Crippen LogP contribution in [0.5, 0.6) is 5.75 Å². The molecule has 0 fully saturated rings. The highest BCUT2D eigenvalue weighted by atomic mass is 32.2. The monoisotopic (exact) mass is 246 g/mol. The molecule has 86 valence electrons. The normalized spacial score (nSPS) is 10.2. The molecule has 0 amide bonds. The van der Waals surface area contributed by atoms with E-state index in [9.17, 15) is 4.79 Å². The second-order valence-electron chi connectivity index (χ2n) is 3.36. The number of hydrogen-bond acceptors (Lipinski definition) is 4. The number of pyridine rings is 1. The van der Waals surface area contributed by atoms with Crippen molar-refractivity contribution in [3.63, 3.8) is 0 Å². The van der Waals surface area contributed by atoms with Gasteiger partial charge in [-0.2, -0.15) is 5.26 Å². The number of aromatic nitrogens is 1. The number of nitrogens with one attached hydrogen (secondary N) is 1. The van der Waals surface area contributed by atoms with Crippen LogP contribution in [0.1, 0.15) is 5.56 Å². The zero-order valence-electron chi connectivity index (χ0n) is 9.40. The van der Waals surface area contributed by atoms with E-state index in [-0.39, 0.29) is 11.0 Å². The van der Waals surface area contributed by atoms with Crippen molar-refractivity contribution >= 4 is 22.7 Å². The largest absolute Gasteiger partial charge is 0.495 e. The van der Waals surface area contributed by atoms with E-state index < -0.39 is 0 Å². The first-order valence-electron chi connectivity index (χ1n) is 4.90. The van der Waals surface area contributed by atoms with E-state index in [0.717, 1.165) is 0 Å². The van der Waals surface area contributed by atoms with Crippen LogP contribution in [0.4, 0.5) is 0 Å². The number of para-hydroxylation sites is 1. The zero-order chi connectivity index (χ0) is 12.4. The topological polar surface area (TPSA) is 65.9 Å². The lowest BCUT2D eigenvalue weighted by Crippen LogP contribution is -2.10. The van der Waals surface area contributed by atoms with Crippen LogP contribution >= 0.6 is 11.8 Å². The van der Waals surface area contributed by atoms with E-state index in [2.05, 4.69) is 4.98 Å². The van der Waals surface area contributed by atoms with E-state index in [0.29, 0.717) is 21.7 Å². The Labute approximate surface area is 102 Å². The standard InChI is InChI=1S/C12H10N2O2S/c1-16-9-5-3-4-7-10(9)14-12(17-2)8(6-13)11(7)15/h3-5H,1-2H3,(H,14,15). The Balaban J connectivity index is 2.96. The summed E-state index contributed by atoms with van der Waals surface area (Å²) in [6.07, 6.45) is 1.81. The van der Waals surface area contributed by atoms with Crippen LogP contribution in [0.2, 0.25) is 0 Å². The van der Waals surface area contributed by atoms with Crippen LogP contribution in [0.3, 0.4) is 0 Å². The molecule has 0 aliphatic carbocycles. The van der Waals surface area contributed by atoms with E-state index in [1.54, 1.807) is 25.3 Å².